The molecule has 0 radical (unpaired) electrons. The lowest BCUT2D eigenvalue weighted by Gasteiger charge is -2.07. The first-order valence-corrected chi connectivity index (χ1v) is 9.80. The second kappa shape index (κ2) is 7.55. The Morgan fingerprint density at radius 2 is 1.86 bits per heavy atom. The summed E-state index contributed by atoms with van der Waals surface area (Å²) in [4.78, 5) is 24.7. The van der Waals surface area contributed by atoms with Crippen molar-refractivity contribution in [3.63, 3.8) is 0 Å². The van der Waals surface area contributed by atoms with Gasteiger partial charge in [-0.15, -0.1) is 5.10 Å². The number of hydrogen-bond acceptors (Lipinski definition) is 7. The second-order valence-electron chi connectivity index (χ2n) is 6.49. The van der Waals surface area contributed by atoms with E-state index < -0.39 is 5.63 Å². The summed E-state index contributed by atoms with van der Waals surface area (Å²) in [6, 6.07) is 12.6. The zero-order chi connectivity index (χ0) is 20.5. The van der Waals surface area contributed by atoms with Crippen molar-refractivity contribution in [2.45, 2.75) is 24.8 Å². The smallest absolute Gasteiger partial charge is 0.336 e. The molecule has 0 amide bonds. The number of benzene rings is 1. The Kier molecular flexibility index (Phi) is 4.93. The molecule has 0 aliphatic heterocycles. The maximum absolute atomic E-state index is 13.2. The van der Waals surface area contributed by atoms with Crippen LogP contribution in [0.4, 0.5) is 0 Å². The summed E-state index contributed by atoms with van der Waals surface area (Å²) in [5, 5.41) is 12.2. The standard InChI is InChI=1S/C19H18N6O3S/c1-12-9-15(28-16(26)10-12)11-29-19-20-21-22-24(19)17-13(2)23(3)25(18(17)27)14-7-5-4-6-8-14/h4-10H,11H2,1-3H3. The molecule has 4 aromatic rings. The maximum atomic E-state index is 13.2. The number of hydrogen-bond donors (Lipinski definition) is 0. The lowest BCUT2D eigenvalue weighted by atomic mass is 10.3. The van der Waals surface area contributed by atoms with E-state index in [4.69, 9.17) is 4.42 Å². The molecule has 0 aliphatic rings. The first-order valence-electron chi connectivity index (χ1n) is 8.82. The summed E-state index contributed by atoms with van der Waals surface area (Å²) >= 11 is 1.28. The molecule has 0 N–H and O–H groups in total. The number of aromatic nitrogens is 6. The molecule has 3 aromatic heterocycles. The van der Waals surface area contributed by atoms with Gasteiger partial charge in [-0.3, -0.25) is 9.48 Å². The molecule has 0 spiro atoms. The summed E-state index contributed by atoms with van der Waals surface area (Å²) < 4.78 is 9.97. The van der Waals surface area contributed by atoms with Crippen molar-refractivity contribution in [3.8, 4) is 11.4 Å². The third kappa shape index (κ3) is 3.54. The van der Waals surface area contributed by atoms with Gasteiger partial charge >= 0.3 is 5.63 Å². The molecule has 0 fully saturated rings. The van der Waals surface area contributed by atoms with Gasteiger partial charge in [0.2, 0.25) is 5.16 Å². The van der Waals surface area contributed by atoms with Gasteiger partial charge in [-0.25, -0.2) is 9.48 Å². The van der Waals surface area contributed by atoms with Crippen LogP contribution in [0.5, 0.6) is 0 Å². The highest BCUT2D eigenvalue weighted by molar-refractivity contribution is 7.98. The molecule has 0 saturated carbocycles. The zero-order valence-corrected chi connectivity index (χ0v) is 16.9. The van der Waals surface area contributed by atoms with Gasteiger partial charge in [-0.1, -0.05) is 30.0 Å². The van der Waals surface area contributed by atoms with Gasteiger partial charge < -0.3 is 4.42 Å². The number of thioether (sulfide) groups is 1. The van der Waals surface area contributed by atoms with E-state index in [0.29, 0.717) is 22.4 Å². The van der Waals surface area contributed by atoms with Crippen LogP contribution in [-0.2, 0) is 12.8 Å². The Labute approximate surface area is 169 Å². The van der Waals surface area contributed by atoms with Gasteiger partial charge in [0.05, 0.1) is 17.1 Å². The summed E-state index contributed by atoms with van der Waals surface area (Å²) in [7, 11) is 1.81. The van der Waals surface area contributed by atoms with Gasteiger partial charge in [0, 0.05) is 13.1 Å². The van der Waals surface area contributed by atoms with Crippen molar-refractivity contribution in [2.75, 3.05) is 0 Å². The molecule has 1 aromatic carbocycles. The predicted octanol–water partition coefficient (Wildman–Crippen LogP) is 2.01. The topological polar surface area (TPSA) is 101 Å². The summed E-state index contributed by atoms with van der Waals surface area (Å²) in [5.74, 6) is 0.872. The second-order valence-corrected chi connectivity index (χ2v) is 7.43. The molecule has 0 atom stereocenters. The first-order chi connectivity index (χ1) is 14.0. The van der Waals surface area contributed by atoms with E-state index in [1.54, 1.807) is 15.4 Å². The Hall–Kier alpha value is -3.40. The Morgan fingerprint density at radius 3 is 2.59 bits per heavy atom. The molecule has 148 valence electrons. The SMILES string of the molecule is Cc1cc(CSc2nnnn2-c2c(C)n(C)n(-c3ccccc3)c2=O)oc(=O)c1. The third-order valence-corrected chi connectivity index (χ3v) is 5.43. The van der Waals surface area contributed by atoms with Crippen molar-refractivity contribution in [1.82, 2.24) is 29.6 Å². The fraction of sp³-hybridized carbons (Fsp3) is 0.211. The summed E-state index contributed by atoms with van der Waals surface area (Å²) in [6.45, 7) is 3.67. The largest absolute Gasteiger partial charge is 0.427 e. The molecule has 0 saturated heterocycles. The Bertz CT molecular complexity index is 1290. The molecule has 4 rings (SSSR count). The Balaban J connectivity index is 1.72. The summed E-state index contributed by atoms with van der Waals surface area (Å²) in [5.41, 5.74) is 2.03. The zero-order valence-electron chi connectivity index (χ0n) is 16.1. The fourth-order valence-corrected chi connectivity index (χ4v) is 3.84. The number of para-hydroxylation sites is 1. The van der Waals surface area contributed by atoms with Gasteiger partial charge in [-0.2, -0.15) is 4.68 Å². The first kappa shape index (κ1) is 18.9. The molecule has 10 heteroatoms. The summed E-state index contributed by atoms with van der Waals surface area (Å²) in [6.07, 6.45) is 0. The van der Waals surface area contributed by atoms with Crippen molar-refractivity contribution in [2.24, 2.45) is 7.05 Å². The van der Waals surface area contributed by atoms with E-state index in [-0.39, 0.29) is 5.56 Å². The van der Waals surface area contributed by atoms with Crippen LogP contribution in [0.25, 0.3) is 11.4 Å². The van der Waals surface area contributed by atoms with Crippen LogP contribution < -0.4 is 11.2 Å². The van der Waals surface area contributed by atoms with Gasteiger partial charge in [0.1, 0.15) is 5.76 Å². The maximum Gasteiger partial charge on any atom is 0.336 e. The van der Waals surface area contributed by atoms with Crippen molar-refractivity contribution < 1.29 is 4.42 Å². The average Bonchev–Trinajstić information content (AvgIpc) is 3.22. The van der Waals surface area contributed by atoms with Crippen LogP contribution in [0.15, 0.2) is 61.6 Å². The van der Waals surface area contributed by atoms with Gasteiger partial charge in [-0.05, 0) is 48.0 Å². The van der Waals surface area contributed by atoms with Crippen LogP contribution >= 0.6 is 11.8 Å². The number of nitrogens with zero attached hydrogens (tertiary/aromatic N) is 6. The molecule has 0 aliphatic carbocycles. The van der Waals surface area contributed by atoms with Crippen molar-refractivity contribution >= 4 is 11.8 Å². The average molecular weight is 410 g/mol. The fourth-order valence-electron chi connectivity index (χ4n) is 3.08. The van der Waals surface area contributed by atoms with Crippen LogP contribution in [0, 0.1) is 13.8 Å². The lowest BCUT2D eigenvalue weighted by Crippen LogP contribution is -2.22. The van der Waals surface area contributed by atoms with Gasteiger partial charge in [0.25, 0.3) is 5.56 Å². The van der Waals surface area contributed by atoms with Gasteiger partial charge in [0.15, 0.2) is 5.69 Å². The minimum atomic E-state index is -0.398. The highest BCUT2D eigenvalue weighted by Crippen LogP contribution is 2.23. The van der Waals surface area contributed by atoms with E-state index in [2.05, 4.69) is 15.5 Å². The highest BCUT2D eigenvalue weighted by atomic mass is 32.2. The monoisotopic (exact) mass is 410 g/mol. The minimum absolute atomic E-state index is 0.229. The lowest BCUT2D eigenvalue weighted by molar-refractivity contribution is 0.475. The molecule has 29 heavy (non-hydrogen) atoms. The number of aryl methyl sites for hydroxylation is 1. The quantitative estimate of drug-likeness (QED) is 0.464. The van der Waals surface area contributed by atoms with E-state index >= 15 is 0 Å². The van der Waals surface area contributed by atoms with E-state index in [0.717, 1.165) is 16.9 Å². The Morgan fingerprint density at radius 1 is 1.10 bits per heavy atom. The third-order valence-electron chi connectivity index (χ3n) is 4.49. The normalized spacial score (nSPS) is 11.1. The number of rotatable bonds is 5. The predicted molar refractivity (Wildman–Crippen MR) is 108 cm³/mol. The molecule has 0 unspecified atom stereocenters. The van der Waals surface area contributed by atoms with E-state index in [9.17, 15) is 9.59 Å². The van der Waals surface area contributed by atoms with E-state index in [1.165, 1.54) is 22.5 Å². The van der Waals surface area contributed by atoms with Crippen LogP contribution in [-0.4, -0.2) is 29.6 Å². The molecular weight excluding hydrogens is 392 g/mol. The van der Waals surface area contributed by atoms with Crippen molar-refractivity contribution in [3.05, 3.63) is 80.3 Å². The van der Waals surface area contributed by atoms with E-state index in [1.807, 2.05) is 51.2 Å². The molecule has 0 bridgehead atoms. The van der Waals surface area contributed by atoms with Crippen LogP contribution in [0.2, 0.25) is 0 Å². The highest BCUT2D eigenvalue weighted by Gasteiger charge is 2.22. The molecular formula is C19H18N6O3S. The van der Waals surface area contributed by atoms with Crippen LogP contribution in [0.3, 0.4) is 0 Å². The van der Waals surface area contributed by atoms with Crippen molar-refractivity contribution in [1.29, 1.82) is 0 Å². The van der Waals surface area contributed by atoms with Crippen LogP contribution in [0.1, 0.15) is 17.0 Å². The minimum Gasteiger partial charge on any atom is -0.427 e. The molecule has 9 nitrogen and oxygen atoms in total. The number of tetrazole rings is 1. The molecule has 3 heterocycles.